The first-order valence-electron chi connectivity index (χ1n) is 9.84. The van der Waals surface area contributed by atoms with Crippen LogP contribution in [0.2, 0.25) is 5.02 Å². The molecule has 2 heterocycles. The van der Waals surface area contributed by atoms with Crippen LogP contribution in [-0.4, -0.2) is 50.9 Å². The number of hydrogen-bond acceptors (Lipinski definition) is 5. The summed E-state index contributed by atoms with van der Waals surface area (Å²) in [4.78, 5) is 15.2. The minimum absolute atomic E-state index is 0.123. The summed E-state index contributed by atoms with van der Waals surface area (Å²) >= 11 is 7.14. The molecule has 4 rings (SSSR count). The molecule has 9 heteroatoms. The molecule has 1 aromatic carbocycles. The Morgan fingerprint density at radius 3 is 2.34 bits per heavy atom. The average Bonchev–Trinajstić information content (AvgIpc) is 3.41. The Balaban J connectivity index is 1.45. The lowest BCUT2D eigenvalue weighted by molar-refractivity contribution is 0.0939. The molecule has 1 amide bonds. The normalized spacial score (nSPS) is 18.9. The van der Waals surface area contributed by atoms with Crippen molar-refractivity contribution in [2.45, 2.75) is 36.6 Å². The zero-order chi connectivity index (χ0) is 20.4. The van der Waals surface area contributed by atoms with Gasteiger partial charge in [0.05, 0.1) is 0 Å². The summed E-state index contributed by atoms with van der Waals surface area (Å²) in [6.45, 7) is 1.94. The summed E-state index contributed by atoms with van der Waals surface area (Å²) in [5.41, 5.74) is 1.03. The van der Waals surface area contributed by atoms with E-state index in [1.54, 1.807) is 11.4 Å². The fourth-order valence-electron chi connectivity index (χ4n) is 3.96. The number of sulfonamides is 1. The van der Waals surface area contributed by atoms with Gasteiger partial charge in [-0.25, -0.2) is 8.42 Å². The topological polar surface area (TPSA) is 69.7 Å². The summed E-state index contributed by atoms with van der Waals surface area (Å²) < 4.78 is 27.9. The van der Waals surface area contributed by atoms with Crippen molar-refractivity contribution >= 4 is 44.6 Å². The van der Waals surface area contributed by atoms with Crippen LogP contribution in [0.15, 0.2) is 40.6 Å². The van der Waals surface area contributed by atoms with Crippen LogP contribution in [0.3, 0.4) is 0 Å². The van der Waals surface area contributed by atoms with E-state index in [9.17, 15) is 13.2 Å². The highest BCUT2D eigenvalue weighted by atomic mass is 35.5. The molecule has 0 spiro atoms. The van der Waals surface area contributed by atoms with Crippen LogP contribution in [0.4, 0.5) is 5.69 Å². The zero-order valence-electron chi connectivity index (χ0n) is 16.0. The van der Waals surface area contributed by atoms with E-state index < -0.39 is 10.0 Å². The Bertz CT molecular complexity index is 961. The van der Waals surface area contributed by atoms with E-state index in [0.717, 1.165) is 31.4 Å². The van der Waals surface area contributed by atoms with Crippen LogP contribution in [0, 0.1) is 0 Å². The molecule has 2 aromatic rings. The van der Waals surface area contributed by atoms with Crippen LogP contribution in [0.5, 0.6) is 0 Å². The van der Waals surface area contributed by atoms with Gasteiger partial charge in [0.15, 0.2) is 0 Å². The number of anilines is 1. The molecule has 2 aliphatic rings. The highest BCUT2D eigenvalue weighted by molar-refractivity contribution is 7.89. The molecule has 1 saturated carbocycles. The number of benzene rings is 1. The summed E-state index contributed by atoms with van der Waals surface area (Å²) in [6, 6.07) is 9.26. The Morgan fingerprint density at radius 2 is 1.69 bits per heavy atom. The first-order chi connectivity index (χ1) is 13.9. The van der Waals surface area contributed by atoms with Crippen molar-refractivity contribution in [2.75, 3.05) is 31.1 Å². The fraction of sp³-hybridized carbons (Fsp3) is 0.450. The third kappa shape index (κ3) is 4.45. The van der Waals surface area contributed by atoms with E-state index in [0.29, 0.717) is 31.2 Å². The van der Waals surface area contributed by atoms with Crippen molar-refractivity contribution in [1.82, 2.24) is 9.62 Å². The van der Waals surface area contributed by atoms with Gasteiger partial charge in [-0.15, -0.1) is 11.3 Å². The number of carbonyl (C=O) groups excluding carboxylic acids is 1. The summed E-state index contributed by atoms with van der Waals surface area (Å²) in [6.07, 6.45) is 4.15. The highest BCUT2D eigenvalue weighted by Gasteiger charge is 2.33. The van der Waals surface area contributed by atoms with Gasteiger partial charge in [-0.05, 0) is 48.6 Å². The summed E-state index contributed by atoms with van der Waals surface area (Å²) in [5.74, 6) is -0.273. The number of piperazine rings is 1. The second kappa shape index (κ2) is 8.63. The minimum atomic E-state index is -3.71. The Hall–Kier alpha value is -1.61. The van der Waals surface area contributed by atoms with Gasteiger partial charge in [-0.2, -0.15) is 4.31 Å². The molecular weight excluding hydrogens is 430 g/mol. The number of rotatable bonds is 5. The van der Waals surface area contributed by atoms with Crippen molar-refractivity contribution in [3.05, 3.63) is 45.6 Å². The molecule has 0 unspecified atom stereocenters. The second-order valence-corrected chi connectivity index (χ2v) is 10.7. The third-order valence-electron chi connectivity index (χ3n) is 5.57. The molecule has 1 N–H and O–H groups in total. The number of carbonyl (C=O) groups is 1. The van der Waals surface area contributed by atoms with Crippen molar-refractivity contribution in [2.24, 2.45) is 0 Å². The Kier molecular flexibility index (Phi) is 6.15. The second-order valence-electron chi connectivity index (χ2n) is 7.44. The van der Waals surface area contributed by atoms with Gasteiger partial charge < -0.3 is 10.2 Å². The first-order valence-corrected chi connectivity index (χ1v) is 12.5. The molecule has 1 aliphatic heterocycles. The summed E-state index contributed by atoms with van der Waals surface area (Å²) in [7, 11) is -3.71. The zero-order valence-corrected chi connectivity index (χ0v) is 18.4. The molecule has 6 nitrogen and oxygen atoms in total. The molecule has 0 bridgehead atoms. The maximum Gasteiger partial charge on any atom is 0.262 e. The molecule has 156 valence electrons. The van der Waals surface area contributed by atoms with E-state index in [-0.39, 0.29) is 21.7 Å². The predicted molar refractivity (Wildman–Crippen MR) is 116 cm³/mol. The smallest absolute Gasteiger partial charge is 0.262 e. The van der Waals surface area contributed by atoms with Gasteiger partial charge in [0.2, 0.25) is 10.0 Å². The number of amides is 1. The average molecular weight is 454 g/mol. The van der Waals surface area contributed by atoms with Crippen molar-refractivity contribution in [3.8, 4) is 0 Å². The molecule has 29 heavy (non-hydrogen) atoms. The van der Waals surface area contributed by atoms with Gasteiger partial charge in [0.1, 0.15) is 9.77 Å². The number of nitrogens with zero attached hydrogens (tertiary/aromatic N) is 2. The van der Waals surface area contributed by atoms with E-state index in [4.69, 9.17) is 11.6 Å². The molecule has 0 radical (unpaired) electrons. The van der Waals surface area contributed by atoms with Crippen LogP contribution in [-0.2, 0) is 10.0 Å². The SMILES string of the molecule is O=C(NC1CCCC1)c1sccc1S(=O)(=O)N1CCN(c2ccc(Cl)cc2)CC1. The molecule has 1 aromatic heterocycles. The summed E-state index contributed by atoms with van der Waals surface area (Å²) in [5, 5.41) is 5.36. The molecule has 1 saturated heterocycles. The van der Waals surface area contributed by atoms with E-state index in [1.807, 2.05) is 24.3 Å². The maximum absolute atomic E-state index is 13.2. The Morgan fingerprint density at radius 1 is 1.03 bits per heavy atom. The highest BCUT2D eigenvalue weighted by Crippen LogP contribution is 2.28. The van der Waals surface area contributed by atoms with Crippen LogP contribution in [0.1, 0.15) is 35.4 Å². The van der Waals surface area contributed by atoms with Crippen LogP contribution < -0.4 is 10.2 Å². The largest absolute Gasteiger partial charge is 0.369 e. The fourth-order valence-corrected chi connectivity index (χ4v) is 6.82. The van der Waals surface area contributed by atoms with Gasteiger partial charge in [-0.1, -0.05) is 24.4 Å². The molecular formula is C20H24ClN3O3S2. The quantitative estimate of drug-likeness (QED) is 0.751. The monoisotopic (exact) mass is 453 g/mol. The number of thiophene rings is 1. The lowest BCUT2D eigenvalue weighted by Crippen LogP contribution is -2.48. The van der Waals surface area contributed by atoms with Gasteiger partial charge in [0.25, 0.3) is 5.91 Å². The lowest BCUT2D eigenvalue weighted by Gasteiger charge is -2.35. The van der Waals surface area contributed by atoms with Crippen molar-refractivity contribution < 1.29 is 13.2 Å². The van der Waals surface area contributed by atoms with Gasteiger partial charge >= 0.3 is 0 Å². The number of hydrogen-bond donors (Lipinski definition) is 1. The molecule has 0 atom stereocenters. The number of halogens is 1. The van der Waals surface area contributed by atoms with Crippen molar-refractivity contribution in [3.63, 3.8) is 0 Å². The van der Waals surface area contributed by atoms with Crippen molar-refractivity contribution in [1.29, 1.82) is 0 Å². The molecule has 1 aliphatic carbocycles. The number of nitrogens with one attached hydrogen (secondary N) is 1. The lowest BCUT2D eigenvalue weighted by atomic mass is 10.2. The molecule has 2 fully saturated rings. The van der Waals surface area contributed by atoms with Crippen LogP contribution >= 0.6 is 22.9 Å². The van der Waals surface area contributed by atoms with E-state index >= 15 is 0 Å². The van der Waals surface area contributed by atoms with E-state index in [1.165, 1.54) is 15.6 Å². The van der Waals surface area contributed by atoms with Gasteiger partial charge in [-0.3, -0.25) is 4.79 Å². The Labute approximate surface area is 180 Å². The first kappa shape index (κ1) is 20.7. The minimum Gasteiger partial charge on any atom is -0.369 e. The standard InChI is InChI=1S/C20H24ClN3O3S2/c21-15-5-7-17(8-6-15)23-10-12-24(13-11-23)29(26,27)18-9-14-28-19(18)20(25)22-16-3-1-2-4-16/h5-9,14,16H,1-4,10-13H2,(H,22,25). The predicted octanol–water partition coefficient (Wildman–Crippen LogP) is 3.58. The maximum atomic E-state index is 13.2. The van der Waals surface area contributed by atoms with E-state index in [2.05, 4.69) is 10.2 Å². The third-order valence-corrected chi connectivity index (χ3v) is 8.81. The van der Waals surface area contributed by atoms with Crippen LogP contribution in [0.25, 0.3) is 0 Å². The van der Waals surface area contributed by atoms with Gasteiger partial charge in [0, 0.05) is 42.9 Å².